The van der Waals surface area contributed by atoms with Crippen molar-refractivity contribution in [2.45, 2.75) is 33.4 Å². The lowest BCUT2D eigenvalue weighted by atomic mass is 10.2. The Labute approximate surface area is 99.4 Å². The zero-order valence-electron chi connectivity index (χ0n) is 10.4. The summed E-state index contributed by atoms with van der Waals surface area (Å²) in [5.41, 5.74) is 5.90. The Balaban J connectivity index is 2.80. The third-order valence-corrected chi connectivity index (χ3v) is 2.75. The fourth-order valence-electron chi connectivity index (χ4n) is 1.36. The number of aromatic amines is 1. The van der Waals surface area contributed by atoms with Gasteiger partial charge in [0.25, 0.3) is 11.1 Å². The molecule has 0 fully saturated rings. The van der Waals surface area contributed by atoms with Gasteiger partial charge in [0.1, 0.15) is 0 Å². The number of nitrogens with zero attached hydrogens (tertiary/aromatic N) is 1. The van der Waals surface area contributed by atoms with Gasteiger partial charge in [-0.15, -0.1) is 0 Å². The van der Waals surface area contributed by atoms with E-state index in [0.717, 1.165) is 0 Å². The molecule has 17 heavy (non-hydrogen) atoms. The highest BCUT2D eigenvalue weighted by atomic mass is 16.5. The van der Waals surface area contributed by atoms with Crippen LogP contribution in [0.4, 0.5) is 0 Å². The third-order valence-electron chi connectivity index (χ3n) is 2.75. The Hall–Kier alpha value is -1.40. The van der Waals surface area contributed by atoms with Crippen molar-refractivity contribution in [1.82, 2.24) is 9.78 Å². The third kappa shape index (κ3) is 3.28. The Kier molecular flexibility index (Phi) is 4.65. The number of hydrogen-bond donors (Lipinski definition) is 2. The Bertz CT molecular complexity index is 490. The summed E-state index contributed by atoms with van der Waals surface area (Å²) in [5, 5.41) is 2.51. The molecule has 0 aliphatic rings. The van der Waals surface area contributed by atoms with Crippen molar-refractivity contribution in [2.75, 3.05) is 13.2 Å². The molecule has 1 rings (SSSR count). The first kappa shape index (κ1) is 13.7. The lowest BCUT2D eigenvalue weighted by Crippen LogP contribution is -2.35. The second kappa shape index (κ2) is 5.79. The van der Waals surface area contributed by atoms with E-state index in [-0.39, 0.29) is 17.2 Å². The highest BCUT2D eigenvalue weighted by Crippen LogP contribution is 1.92. The maximum absolute atomic E-state index is 11.8. The van der Waals surface area contributed by atoms with Gasteiger partial charge in [0, 0.05) is 17.7 Å². The molecule has 0 aliphatic heterocycles. The fraction of sp³-hybridized carbons (Fsp3) is 0.636. The predicted molar refractivity (Wildman–Crippen MR) is 65.3 cm³/mol. The lowest BCUT2D eigenvalue weighted by Gasteiger charge is -2.12. The molecule has 3 N–H and O–H groups in total. The fourth-order valence-corrected chi connectivity index (χ4v) is 1.36. The van der Waals surface area contributed by atoms with E-state index in [9.17, 15) is 9.59 Å². The first-order valence-electron chi connectivity index (χ1n) is 5.59. The van der Waals surface area contributed by atoms with Gasteiger partial charge in [0.2, 0.25) is 0 Å². The van der Waals surface area contributed by atoms with E-state index >= 15 is 0 Å². The zero-order chi connectivity index (χ0) is 13.0. The van der Waals surface area contributed by atoms with Crippen molar-refractivity contribution in [2.24, 2.45) is 5.73 Å². The van der Waals surface area contributed by atoms with E-state index in [1.165, 1.54) is 4.68 Å². The number of nitrogens with two attached hydrogens (primary N) is 1. The molecule has 0 saturated heterocycles. The van der Waals surface area contributed by atoms with Crippen molar-refractivity contribution < 1.29 is 4.74 Å². The van der Waals surface area contributed by atoms with Gasteiger partial charge >= 0.3 is 0 Å². The molecule has 0 amide bonds. The highest BCUT2D eigenvalue weighted by Gasteiger charge is 2.07. The van der Waals surface area contributed by atoms with Crippen molar-refractivity contribution >= 4 is 0 Å². The number of hydrogen-bond acceptors (Lipinski definition) is 4. The van der Waals surface area contributed by atoms with Crippen LogP contribution in [0.2, 0.25) is 0 Å². The SMILES string of the molecule is Cc1c(C)c(=O)n(CCOC(C)CN)[nH]c1=O. The number of aromatic nitrogens is 2. The minimum absolute atomic E-state index is 0.0519. The molecule has 6 nitrogen and oxygen atoms in total. The molecular weight excluding hydrogens is 222 g/mol. The smallest absolute Gasteiger partial charge is 0.268 e. The molecule has 1 unspecified atom stereocenters. The van der Waals surface area contributed by atoms with Gasteiger partial charge in [-0.1, -0.05) is 0 Å². The second-order valence-corrected chi connectivity index (χ2v) is 4.06. The van der Waals surface area contributed by atoms with Gasteiger partial charge in [-0.3, -0.25) is 14.7 Å². The van der Waals surface area contributed by atoms with Gasteiger partial charge in [-0.05, 0) is 20.8 Å². The Morgan fingerprint density at radius 2 is 2.00 bits per heavy atom. The van der Waals surface area contributed by atoms with Crippen LogP contribution in [0.25, 0.3) is 0 Å². The van der Waals surface area contributed by atoms with Crippen molar-refractivity contribution in [3.05, 3.63) is 31.8 Å². The quantitative estimate of drug-likeness (QED) is 0.728. The van der Waals surface area contributed by atoms with E-state index in [1.807, 2.05) is 6.92 Å². The molecule has 1 heterocycles. The average Bonchev–Trinajstić information content (AvgIpc) is 2.32. The van der Waals surface area contributed by atoms with Crippen LogP contribution in [-0.4, -0.2) is 29.0 Å². The summed E-state index contributed by atoms with van der Waals surface area (Å²) in [6.45, 7) is 6.22. The first-order chi connectivity index (χ1) is 7.97. The topological polar surface area (TPSA) is 90.1 Å². The number of rotatable bonds is 5. The molecule has 0 radical (unpaired) electrons. The summed E-state index contributed by atoms with van der Waals surface area (Å²) in [7, 11) is 0. The molecule has 0 spiro atoms. The molecule has 0 aromatic carbocycles. The summed E-state index contributed by atoms with van der Waals surface area (Å²) in [6, 6.07) is 0. The first-order valence-corrected chi connectivity index (χ1v) is 5.59. The van der Waals surface area contributed by atoms with Gasteiger partial charge in [0.15, 0.2) is 0 Å². The Morgan fingerprint density at radius 1 is 1.35 bits per heavy atom. The lowest BCUT2D eigenvalue weighted by molar-refractivity contribution is 0.0635. The van der Waals surface area contributed by atoms with E-state index in [4.69, 9.17) is 10.5 Å². The molecule has 0 bridgehead atoms. The van der Waals surface area contributed by atoms with Gasteiger partial charge in [-0.2, -0.15) is 0 Å². The minimum Gasteiger partial charge on any atom is -0.375 e. The maximum Gasteiger partial charge on any atom is 0.268 e. The Morgan fingerprint density at radius 3 is 2.59 bits per heavy atom. The molecule has 0 saturated carbocycles. The van der Waals surface area contributed by atoms with Crippen molar-refractivity contribution in [1.29, 1.82) is 0 Å². The highest BCUT2D eigenvalue weighted by molar-refractivity contribution is 5.17. The van der Waals surface area contributed by atoms with Gasteiger partial charge in [-0.25, -0.2) is 4.68 Å². The molecule has 96 valence electrons. The van der Waals surface area contributed by atoms with Crippen LogP contribution >= 0.6 is 0 Å². The molecule has 1 aromatic rings. The maximum atomic E-state index is 11.8. The predicted octanol–water partition coefficient (Wildman–Crippen LogP) is -0.483. The van der Waals surface area contributed by atoms with Crippen molar-refractivity contribution in [3.8, 4) is 0 Å². The second-order valence-electron chi connectivity index (χ2n) is 4.06. The monoisotopic (exact) mass is 241 g/mol. The van der Waals surface area contributed by atoms with Crippen LogP contribution < -0.4 is 16.9 Å². The van der Waals surface area contributed by atoms with Crippen LogP contribution in [0, 0.1) is 13.8 Å². The number of nitrogens with one attached hydrogen (secondary N) is 1. The summed E-state index contributed by atoms with van der Waals surface area (Å²) < 4.78 is 6.63. The largest absolute Gasteiger partial charge is 0.375 e. The summed E-state index contributed by atoms with van der Waals surface area (Å²) in [6.07, 6.45) is -0.0519. The molecule has 0 aliphatic carbocycles. The van der Waals surface area contributed by atoms with Crippen molar-refractivity contribution in [3.63, 3.8) is 0 Å². The van der Waals surface area contributed by atoms with Crippen LogP contribution in [0.1, 0.15) is 18.1 Å². The van der Waals surface area contributed by atoms with E-state index in [0.29, 0.717) is 30.8 Å². The van der Waals surface area contributed by atoms with Crippen LogP contribution in [0.5, 0.6) is 0 Å². The average molecular weight is 241 g/mol. The van der Waals surface area contributed by atoms with E-state index < -0.39 is 0 Å². The van der Waals surface area contributed by atoms with Crippen LogP contribution in [-0.2, 0) is 11.3 Å². The van der Waals surface area contributed by atoms with Crippen LogP contribution in [0.3, 0.4) is 0 Å². The normalized spacial score (nSPS) is 12.7. The summed E-state index contributed by atoms with van der Waals surface area (Å²) in [5.74, 6) is 0. The molecular formula is C11H19N3O3. The standard InChI is InChI=1S/C11H19N3O3/c1-7(6-12)17-5-4-14-11(16)9(3)8(2)10(15)13-14/h7H,4-6,12H2,1-3H3,(H,13,15). The van der Waals surface area contributed by atoms with E-state index in [2.05, 4.69) is 5.10 Å². The minimum atomic E-state index is -0.242. The van der Waals surface area contributed by atoms with E-state index in [1.54, 1.807) is 13.8 Å². The summed E-state index contributed by atoms with van der Waals surface area (Å²) >= 11 is 0. The molecule has 1 aromatic heterocycles. The van der Waals surface area contributed by atoms with Gasteiger partial charge < -0.3 is 10.5 Å². The number of H-pyrrole nitrogens is 1. The number of ether oxygens (including phenoxy) is 1. The van der Waals surface area contributed by atoms with Crippen LogP contribution in [0.15, 0.2) is 9.59 Å². The molecule has 6 heteroatoms. The summed E-state index contributed by atoms with van der Waals surface area (Å²) in [4.78, 5) is 23.3. The zero-order valence-corrected chi connectivity index (χ0v) is 10.4. The van der Waals surface area contributed by atoms with Gasteiger partial charge in [0.05, 0.1) is 19.3 Å². The molecule has 1 atom stereocenters.